The summed E-state index contributed by atoms with van der Waals surface area (Å²) in [6, 6.07) is 7.82. The summed E-state index contributed by atoms with van der Waals surface area (Å²) in [6.45, 7) is 3.06. The van der Waals surface area contributed by atoms with E-state index in [4.69, 9.17) is 18.8 Å². The number of benzene rings is 1. The Bertz CT molecular complexity index is 467. The number of hydrogen-bond donors (Lipinski definition) is 2. The summed E-state index contributed by atoms with van der Waals surface area (Å²) in [5.41, 5.74) is 0. The zero-order valence-electron chi connectivity index (χ0n) is 9.79. The van der Waals surface area contributed by atoms with E-state index < -0.39 is 21.7 Å². The third kappa shape index (κ3) is 5.78. The molecule has 1 unspecified atom stereocenters. The fraction of sp³-hybridized carbons (Fsp3) is 0.333. The van der Waals surface area contributed by atoms with Gasteiger partial charge in [0.25, 0.3) is 0 Å². The molecule has 18 heavy (non-hydrogen) atoms. The number of phosphoric ester groups is 1. The number of phosphoric acid groups is 2. The average Bonchev–Trinajstić information content (AvgIpc) is 2.13. The van der Waals surface area contributed by atoms with E-state index in [2.05, 4.69) is 4.31 Å². The van der Waals surface area contributed by atoms with Crippen LogP contribution in [0.5, 0.6) is 5.75 Å². The summed E-state index contributed by atoms with van der Waals surface area (Å²) in [4.78, 5) is 17.4. The second-order valence-corrected chi connectivity index (χ2v) is 6.50. The molecule has 102 valence electrons. The lowest BCUT2D eigenvalue weighted by Crippen LogP contribution is -2.07. The van der Waals surface area contributed by atoms with Crippen molar-refractivity contribution in [2.45, 2.75) is 20.0 Å². The van der Waals surface area contributed by atoms with Gasteiger partial charge in [0.05, 0.1) is 6.10 Å². The highest BCUT2D eigenvalue weighted by Gasteiger charge is 2.38. The molecule has 0 radical (unpaired) electrons. The third-order valence-corrected chi connectivity index (χ3v) is 4.27. The van der Waals surface area contributed by atoms with Crippen LogP contribution in [0.25, 0.3) is 0 Å². The summed E-state index contributed by atoms with van der Waals surface area (Å²) >= 11 is 0. The first kappa shape index (κ1) is 15.4. The highest BCUT2D eigenvalue weighted by atomic mass is 31.3. The molecule has 0 spiro atoms. The highest BCUT2D eigenvalue weighted by Crippen LogP contribution is 2.61. The van der Waals surface area contributed by atoms with Gasteiger partial charge < -0.3 is 14.3 Å². The molecule has 0 saturated carbocycles. The van der Waals surface area contributed by atoms with Gasteiger partial charge in [-0.3, -0.25) is 4.52 Å². The lowest BCUT2D eigenvalue weighted by atomic mass is 10.3. The van der Waals surface area contributed by atoms with Gasteiger partial charge in [0, 0.05) is 0 Å². The standard InChI is InChI=1S/C9H14O7P2/c1-8(2)14-18(13,16-17(10,11)12)15-9-6-4-3-5-7-9/h3-8H,1-2H3,(H2,10,11,12). The molecule has 0 aromatic heterocycles. The van der Waals surface area contributed by atoms with E-state index >= 15 is 0 Å². The van der Waals surface area contributed by atoms with Gasteiger partial charge in [-0.2, -0.15) is 4.31 Å². The maximum Gasteiger partial charge on any atom is 0.539 e. The van der Waals surface area contributed by atoms with Crippen LogP contribution < -0.4 is 4.52 Å². The molecular weight excluding hydrogens is 282 g/mol. The molecule has 0 aliphatic heterocycles. The maximum absolute atomic E-state index is 12.0. The normalized spacial score (nSPS) is 15.4. The Hall–Kier alpha value is -0.680. The Morgan fingerprint density at radius 1 is 1.11 bits per heavy atom. The zero-order valence-corrected chi connectivity index (χ0v) is 11.6. The van der Waals surface area contributed by atoms with Crippen LogP contribution in [-0.2, 0) is 18.0 Å². The van der Waals surface area contributed by atoms with Gasteiger partial charge in [0.1, 0.15) is 5.75 Å². The van der Waals surface area contributed by atoms with Crippen LogP contribution in [-0.4, -0.2) is 15.9 Å². The van der Waals surface area contributed by atoms with Crippen LogP contribution in [0.4, 0.5) is 0 Å². The molecule has 7 nitrogen and oxygen atoms in total. The van der Waals surface area contributed by atoms with Crippen molar-refractivity contribution in [3.63, 3.8) is 0 Å². The first-order valence-corrected chi connectivity index (χ1v) is 7.99. The SMILES string of the molecule is CC(C)OP(=O)(Oc1ccccc1)OP(=O)(O)O. The number of rotatable bonds is 6. The van der Waals surface area contributed by atoms with Crippen molar-refractivity contribution in [3.8, 4) is 5.75 Å². The van der Waals surface area contributed by atoms with Crippen molar-refractivity contribution in [1.29, 1.82) is 0 Å². The molecular formula is C9H14O7P2. The molecule has 1 aromatic rings. The molecule has 0 aliphatic carbocycles. The predicted molar refractivity (Wildman–Crippen MR) is 64.0 cm³/mol. The third-order valence-electron chi connectivity index (χ3n) is 1.51. The van der Waals surface area contributed by atoms with Crippen molar-refractivity contribution >= 4 is 15.6 Å². The van der Waals surface area contributed by atoms with E-state index in [9.17, 15) is 9.13 Å². The predicted octanol–water partition coefficient (Wildman–Crippen LogP) is 2.71. The molecule has 0 aliphatic rings. The lowest BCUT2D eigenvalue weighted by molar-refractivity contribution is 0.151. The van der Waals surface area contributed by atoms with E-state index in [1.807, 2.05) is 0 Å². The largest absolute Gasteiger partial charge is 0.539 e. The molecule has 1 rings (SSSR count). The molecule has 0 bridgehead atoms. The van der Waals surface area contributed by atoms with Gasteiger partial charge in [-0.15, -0.1) is 0 Å². The first-order chi connectivity index (χ1) is 8.20. The smallest absolute Gasteiger partial charge is 0.404 e. The van der Waals surface area contributed by atoms with Crippen LogP contribution in [0.1, 0.15) is 13.8 Å². The second kappa shape index (κ2) is 5.97. The van der Waals surface area contributed by atoms with Gasteiger partial charge in [0.15, 0.2) is 0 Å². The molecule has 0 saturated heterocycles. The highest BCUT2D eigenvalue weighted by molar-refractivity contribution is 7.61. The fourth-order valence-electron chi connectivity index (χ4n) is 1.06. The van der Waals surface area contributed by atoms with Crippen LogP contribution in [0, 0.1) is 0 Å². The van der Waals surface area contributed by atoms with Gasteiger partial charge in [-0.25, -0.2) is 9.13 Å². The quantitative estimate of drug-likeness (QED) is 0.778. The monoisotopic (exact) mass is 296 g/mol. The van der Waals surface area contributed by atoms with E-state index in [0.29, 0.717) is 0 Å². The Morgan fingerprint density at radius 3 is 2.11 bits per heavy atom. The molecule has 0 amide bonds. The van der Waals surface area contributed by atoms with Gasteiger partial charge >= 0.3 is 15.6 Å². The van der Waals surface area contributed by atoms with Gasteiger partial charge in [0.2, 0.25) is 0 Å². The van der Waals surface area contributed by atoms with Crippen molar-refractivity contribution < 1.29 is 32.3 Å². The Kier molecular flexibility index (Phi) is 5.10. The summed E-state index contributed by atoms with van der Waals surface area (Å²) in [7, 11) is -9.38. The first-order valence-electron chi connectivity index (χ1n) is 5.00. The Morgan fingerprint density at radius 2 is 1.67 bits per heavy atom. The summed E-state index contributed by atoms with van der Waals surface area (Å²) < 4.78 is 36.7. The topological polar surface area (TPSA) is 102 Å². The molecule has 2 N–H and O–H groups in total. The van der Waals surface area contributed by atoms with Crippen LogP contribution in [0.2, 0.25) is 0 Å². The average molecular weight is 296 g/mol. The molecule has 1 aromatic carbocycles. The van der Waals surface area contributed by atoms with Crippen LogP contribution in [0.15, 0.2) is 30.3 Å². The van der Waals surface area contributed by atoms with Crippen molar-refractivity contribution in [1.82, 2.24) is 0 Å². The summed E-state index contributed by atoms with van der Waals surface area (Å²) in [5.74, 6) is 0.120. The molecule has 1 atom stereocenters. The van der Waals surface area contributed by atoms with Gasteiger partial charge in [-0.1, -0.05) is 18.2 Å². The van der Waals surface area contributed by atoms with E-state index in [-0.39, 0.29) is 5.75 Å². The number of hydrogen-bond acceptors (Lipinski definition) is 5. The Balaban J connectivity index is 2.91. The lowest BCUT2D eigenvalue weighted by Gasteiger charge is -2.20. The van der Waals surface area contributed by atoms with Crippen LogP contribution in [0.3, 0.4) is 0 Å². The summed E-state index contributed by atoms with van der Waals surface area (Å²) in [6.07, 6.45) is -0.592. The second-order valence-electron chi connectivity index (χ2n) is 3.58. The molecule has 0 fully saturated rings. The van der Waals surface area contributed by atoms with E-state index in [0.717, 1.165) is 0 Å². The zero-order chi connectivity index (χ0) is 13.8. The minimum absolute atomic E-state index is 0.120. The van der Waals surface area contributed by atoms with E-state index in [1.165, 1.54) is 26.0 Å². The van der Waals surface area contributed by atoms with Crippen molar-refractivity contribution in [3.05, 3.63) is 30.3 Å². The Labute approximate surface area is 105 Å². The minimum atomic E-state index is -4.99. The fourth-order valence-corrected chi connectivity index (χ4v) is 3.33. The number of para-hydroxylation sites is 1. The van der Waals surface area contributed by atoms with Crippen LogP contribution >= 0.6 is 15.6 Å². The molecule has 0 heterocycles. The van der Waals surface area contributed by atoms with E-state index in [1.54, 1.807) is 18.2 Å². The maximum atomic E-state index is 12.0. The minimum Gasteiger partial charge on any atom is -0.404 e. The van der Waals surface area contributed by atoms with Crippen molar-refractivity contribution in [2.75, 3.05) is 0 Å². The van der Waals surface area contributed by atoms with Gasteiger partial charge in [-0.05, 0) is 26.0 Å². The summed E-state index contributed by atoms with van der Waals surface area (Å²) in [5, 5.41) is 0. The molecule has 9 heteroatoms. The van der Waals surface area contributed by atoms with Crippen molar-refractivity contribution in [2.24, 2.45) is 0 Å².